The number of nitrogens with one attached hydrogen (secondary N) is 1. The topological polar surface area (TPSA) is 53.1 Å². The quantitative estimate of drug-likeness (QED) is 0.553. The molecule has 3 nitrogen and oxygen atoms in total. The number of benzene rings is 2. The first-order valence-corrected chi connectivity index (χ1v) is 7.77. The summed E-state index contributed by atoms with van der Waals surface area (Å²) >= 11 is 1.41. The lowest BCUT2D eigenvalue weighted by molar-refractivity contribution is 0.477. The molecule has 0 fully saturated rings. The highest BCUT2D eigenvalue weighted by atomic mass is 32.1. The summed E-state index contributed by atoms with van der Waals surface area (Å²) < 4.78 is 0.679. The van der Waals surface area contributed by atoms with Gasteiger partial charge in [-0.05, 0) is 47.7 Å². The molecule has 22 heavy (non-hydrogen) atoms. The van der Waals surface area contributed by atoms with E-state index in [4.69, 9.17) is 0 Å². The van der Waals surface area contributed by atoms with Gasteiger partial charge in [-0.1, -0.05) is 18.2 Å². The largest absolute Gasteiger partial charge is 0.507 e. The highest BCUT2D eigenvalue weighted by Gasteiger charge is 2.16. The fourth-order valence-corrected chi connectivity index (χ4v) is 3.72. The highest BCUT2D eigenvalue weighted by molar-refractivity contribution is 7.17. The van der Waals surface area contributed by atoms with Crippen molar-refractivity contribution in [3.63, 3.8) is 0 Å². The first kappa shape index (κ1) is 13.1. The highest BCUT2D eigenvalue weighted by Crippen LogP contribution is 2.40. The summed E-state index contributed by atoms with van der Waals surface area (Å²) in [7, 11) is 0. The standard InChI is InChI=1S/C18H12NO2S/c1-10-9-13(20)14(11-5-3-2-4-6-11)15-12-7-8-22-17(12)18(21)19-16(10)15/h2-3,5-9,20H,1H3,(H,19,21). The van der Waals surface area contributed by atoms with Crippen LogP contribution in [0.2, 0.25) is 0 Å². The third-order valence-electron chi connectivity index (χ3n) is 3.88. The molecule has 4 rings (SSSR count). The zero-order chi connectivity index (χ0) is 15.3. The molecule has 0 saturated carbocycles. The molecule has 4 aromatic rings. The van der Waals surface area contributed by atoms with Gasteiger partial charge in [-0.25, -0.2) is 0 Å². The molecule has 0 spiro atoms. The van der Waals surface area contributed by atoms with Crippen LogP contribution >= 0.6 is 11.3 Å². The molecule has 0 saturated heterocycles. The predicted octanol–water partition coefficient (Wildman–Crippen LogP) is 4.22. The van der Waals surface area contributed by atoms with Crippen molar-refractivity contribution < 1.29 is 5.11 Å². The Morgan fingerprint density at radius 3 is 2.95 bits per heavy atom. The van der Waals surface area contributed by atoms with Gasteiger partial charge in [0.15, 0.2) is 0 Å². The SMILES string of the molecule is Cc1cc(O)c(-c2c[c]ccc2)c2c1[nH]c(=O)c1sccc12. The van der Waals surface area contributed by atoms with Gasteiger partial charge in [0.2, 0.25) is 0 Å². The Morgan fingerprint density at radius 1 is 1.32 bits per heavy atom. The van der Waals surface area contributed by atoms with Gasteiger partial charge < -0.3 is 10.1 Å². The van der Waals surface area contributed by atoms with Gasteiger partial charge in [0.25, 0.3) is 5.56 Å². The summed E-state index contributed by atoms with van der Waals surface area (Å²) in [6, 6.07) is 14.1. The number of pyridine rings is 1. The van der Waals surface area contributed by atoms with E-state index in [1.54, 1.807) is 6.07 Å². The zero-order valence-electron chi connectivity index (χ0n) is 11.8. The molecule has 0 aliphatic heterocycles. The fourth-order valence-electron chi connectivity index (χ4n) is 2.92. The van der Waals surface area contributed by atoms with Crippen molar-refractivity contribution in [1.29, 1.82) is 0 Å². The van der Waals surface area contributed by atoms with E-state index in [2.05, 4.69) is 11.1 Å². The number of phenolic OH excluding ortho intramolecular Hbond substituents is 1. The minimum Gasteiger partial charge on any atom is -0.507 e. The van der Waals surface area contributed by atoms with Crippen LogP contribution in [0, 0.1) is 13.0 Å². The smallest absolute Gasteiger partial charge is 0.266 e. The van der Waals surface area contributed by atoms with Crippen LogP contribution in [0.25, 0.3) is 32.1 Å². The molecule has 0 aliphatic carbocycles. The maximum atomic E-state index is 12.2. The molecule has 2 heterocycles. The molecular formula is C18H12NO2S. The number of aromatic hydroxyl groups is 1. The summed E-state index contributed by atoms with van der Waals surface area (Å²) in [6.07, 6.45) is 0. The second-order valence-electron chi connectivity index (χ2n) is 5.25. The Hall–Kier alpha value is -2.59. The number of aromatic amines is 1. The molecule has 2 aromatic carbocycles. The summed E-state index contributed by atoms with van der Waals surface area (Å²) in [5, 5.41) is 14.2. The fraction of sp³-hybridized carbons (Fsp3) is 0.0556. The number of thiophene rings is 1. The van der Waals surface area contributed by atoms with E-state index in [-0.39, 0.29) is 11.3 Å². The average molecular weight is 306 g/mol. The van der Waals surface area contributed by atoms with Crippen molar-refractivity contribution in [1.82, 2.24) is 4.98 Å². The maximum absolute atomic E-state index is 12.2. The minimum atomic E-state index is -0.0862. The minimum absolute atomic E-state index is 0.0862. The van der Waals surface area contributed by atoms with E-state index in [9.17, 15) is 9.90 Å². The van der Waals surface area contributed by atoms with Gasteiger partial charge in [-0.15, -0.1) is 11.3 Å². The monoisotopic (exact) mass is 306 g/mol. The number of fused-ring (bicyclic) bond motifs is 3. The van der Waals surface area contributed by atoms with Gasteiger partial charge >= 0.3 is 0 Å². The van der Waals surface area contributed by atoms with Crippen LogP contribution in [-0.4, -0.2) is 10.1 Å². The van der Waals surface area contributed by atoms with Gasteiger partial charge in [0.1, 0.15) is 10.4 Å². The lowest BCUT2D eigenvalue weighted by atomic mass is 9.95. The number of aryl methyl sites for hydroxylation is 1. The van der Waals surface area contributed by atoms with Crippen molar-refractivity contribution in [2.24, 2.45) is 0 Å². The second kappa shape index (κ2) is 4.71. The van der Waals surface area contributed by atoms with E-state index in [1.165, 1.54) is 11.3 Å². The van der Waals surface area contributed by atoms with Crippen LogP contribution in [0.15, 0.2) is 46.6 Å². The molecule has 2 aromatic heterocycles. The Labute approximate surface area is 130 Å². The Morgan fingerprint density at radius 2 is 2.18 bits per heavy atom. The lowest BCUT2D eigenvalue weighted by Crippen LogP contribution is -2.05. The van der Waals surface area contributed by atoms with Crippen LogP contribution in [0.4, 0.5) is 0 Å². The zero-order valence-corrected chi connectivity index (χ0v) is 12.6. The number of H-pyrrole nitrogens is 1. The van der Waals surface area contributed by atoms with E-state index < -0.39 is 0 Å². The molecule has 1 radical (unpaired) electrons. The summed E-state index contributed by atoms with van der Waals surface area (Å²) in [5.41, 5.74) is 3.15. The summed E-state index contributed by atoms with van der Waals surface area (Å²) in [4.78, 5) is 15.2. The summed E-state index contributed by atoms with van der Waals surface area (Å²) in [5.74, 6) is 0.212. The molecule has 0 aliphatic rings. The normalized spacial score (nSPS) is 11.3. The first-order chi connectivity index (χ1) is 10.7. The van der Waals surface area contributed by atoms with Crippen LogP contribution in [0.5, 0.6) is 5.75 Å². The average Bonchev–Trinajstić information content (AvgIpc) is 3.00. The van der Waals surface area contributed by atoms with Crippen molar-refractivity contribution in [2.75, 3.05) is 0 Å². The molecule has 107 valence electrons. The molecule has 0 amide bonds. The molecule has 0 unspecified atom stereocenters. The second-order valence-corrected chi connectivity index (χ2v) is 6.16. The number of phenols is 1. The molecule has 0 bridgehead atoms. The number of aromatic nitrogens is 1. The third kappa shape index (κ3) is 1.77. The van der Waals surface area contributed by atoms with E-state index >= 15 is 0 Å². The van der Waals surface area contributed by atoms with Crippen molar-refractivity contribution >= 4 is 32.3 Å². The first-order valence-electron chi connectivity index (χ1n) is 6.89. The summed E-state index contributed by atoms with van der Waals surface area (Å²) in [6.45, 7) is 1.89. The molecule has 2 N–H and O–H groups in total. The van der Waals surface area contributed by atoms with Crippen molar-refractivity contribution in [3.05, 3.63) is 63.8 Å². The predicted molar refractivity (Wildman–Crippen MR) is 90.6 cm³/mol. The van der Waals surface area contributed by atoms with Crippen molar-refractivity contribution in [2.45, 2.75) is 6.92 Å². The Balaban J connectivity index is 2.30. The van der Waals surface area contributed by atoms with E-state index in [1.807, 2.05) is 42.6 Å². The van der Waals surface area contributed by atoms with Crippen LogP contribution < -0.4 is 5.56 Å². The molecular weight excluding hydrogens is 294 g/mol. The Bertz CT molecular complexity index is 1060. The lowest BCUT2D eigenvalue weighted by Gasteiger charge is -2.12. The Kier molecular flexibility index (Phi) is 2.81. The van der Waals surface area contributed by atoms with Crippen LogP contribution in [0.1, 0.15) is 5.56 Å². The van der Waals surface area contributed by atoms with E-state index in [0.717, 1.165) is 33.0 Å². The molecule has 4 heteroatoms. The van der Waals surface area contributed by atoms with E-state index in [0.29, 0.717) is 4.70 Å². The number of hydrogen-bond donors (Lipinski definition) is 2. The van der Waals surface area contributed by atoms with Crippen molar-refractivity contribution in [3.8, 4) is 16.9 Å². The van der Waals surface area contributed by atoms with Gasteiger partial charge in [0, 0.05) is 16.3 Å². The number of hydrogen-bond acceptors (Lipinski definition) is 3. The van der Waals surface area contributed by atoms with Crippen LogP contribution in [0.3, 0.4) is 0 Å². The third-order valence-corrected chi connectivity index (χ3v) is 4.79. The maximum Gasteiger partial charge on any atom is 0.266 e. The van der Waals surface area contributed by atoms with Gasteiger partial charge in [-0.2, -0.15) is 0 Å². The van der Waals surface area contributed by atoms with Crippen LogP contribution in [-0.2, 0) is 0 Å². The van der Waals surface area contributed by atoms with Gasteiger partial charge in [-0.3, -0.25) is 4.79 Å². The number of rotatable bonds is 1. The van der Waals surface area contributed by atoms with Gasteiger partial charge in [0.05, 0.1) is 5.52 Å². The molecule has 0 atom stereocenters.